The summed E-state index contributed by atoms with van der Waals surface area (Å²) in [5.74, 6) is -0.595. The van der Waals surface area contributed by atoms with Gasteiger partial charge in [0.2, 0.25) is 0 Å². The van der Waals surface area contributed by atoms with Gasteiger partial charge in [0.15, 0.2) is 5.78 Å². The number of Topliss-reactive ketones (excluding diaryl/α,β-unsaturated/α-hetero) is 1. The van der Waals surface area contributed by atoms with E-state index in [1.165, 1.54) is 13.8 Å². The second-order valence-electron chi connectivity index (χ2n) is 1.81. The van der Waals surface area contributed by atoms with E-state index in [2.05, 4.69) is 6.58 Å². The van der Waals surface area contributed by atoms with Crippen molar-refractivity contribution >= 4 is 5.78 Å². The van der Waals surface area contributed by atoms with E-state index in [1.54, 1.807) is 0 Å². The third kappa shape index (κ3) is 3.64. The Morgan fingerprint density at radius 2 is 2.00 bits per heavy atom. The highest BCUT2D eigenvalue weighted by Gasteiger charge is 1.94. The molecule has 0 aromatic rings. The fourth-order valence-corrected chi connectivity index (χ4v) is 0.342. The number of rotatable bonds is 2. The van der Waals surface area contributed by atoms with E-state index < -0.39 is 5.83 Å². The van der Waals surface area contributed by atoms with Crippen LogP contribution in [0.25, 0.3) is 0 Å². The zero-order chi connectivity index (χ0) is 7.44. The molecule has 0 aliphatic heterocycles. The lowest BCUT2D eigenvalue weighted by Crippen LogP contribution is -1.90. The highest BCUT2D eigenvalue weighted by Crippen LogP contribution is 2.00. The van der Waals surface area contributed by atoms with Crippen molar-refractivity contribution in [2.75, 3.05) is 0 Å². The maximum atomic E-state index is 12.0. The van der Waals surface area contributed by atoms with Gasteiger partial charge >= 0.3 is 0 Å². The first-order valence-electron chi connectivity index (χ1n) is 2.57. The fourth-order valence-electron chi connectivity index (χ4n) is 0.342. The van der Waals surface area contributed by atoms with Gasteiger partial charge in [0.05, 0.1) is 5.83 Å². The molecule has 0 unspecified atom stereocenters. The molecule has 0 aromatic heterocycles. The lowest BCUT2D eigenvalue weighted by atomic mass is 10.2. The standard InChI is InChI=1S/C7H9FO/c1-5(7(3)9)4-6(2)8/h4H,1H2,2-3H3. The van der Waals surface area contributed by atoms with Crippen LogP contribution in [-0.4, -0.2) is 5.78 Å². The summed E-state index contributed by atoms with van der Waals surface area (Å²) >= 11 is 0. The number of carbonyl (C=O) groups is 1. The second-order valence-corrected chi connectivity index (χ2v) is 1.81. The van der Waals surface area contributed by atoms with Gasteiger partial charge in [-0.15, -0.1) is 0 Å². The molecule has 0 radical (unpaired) electrons. The number of hydrogen-bond acceptors (Lipinski definition) is 1. The topological polar surface area (TPSA) is 17.1 Å². The summed E-state index contributed by atoms with van der Waals surface area (Å²) in [6.45, 7) is 5.95. The van der Waals surface area contributed by atoms with E-state index in [9.17, 15) is 9.18 Å². The largest absolute Gasteiger partial charge is 0.295 e. The van der Waals surface area contributed by atoms with Gasteiger partial charge in [0.1, 0.15) is 0 Å². The van der Waals surface area contributed by atoms with Crippen LogP contribution >= 0.6 is 0 Å². The molecule has 9 heavy (non-hydrogen) atoms. The van der Waals surface area contributed by atoms with Crippen molar-refractivity contribution < 1.29 is 9.18 Å². The molecule has 0 aliphatic rings. The van der Waals surface area contributed by atoms with E-state index in [1.807, 2.05) is 0 Å². The predicted molar refractivity (Wildman–Crippen MR) is 34.7 cm³/mol. The highest BCUT2D eigenvalue weighted by atomic mass is 19.1. The van der Waals surface area contributed by atoms with E-state index in [-0.39, 0.29) is 11.4 Å². The molecule has 0 spiro atoms. The summed E-state index contributed by atoms with van der Waals surface area (Å²) in [5.41, 5.74) is 0.204. The van der Waals surface area contributed by atoms with Crippen molar-refractivity contribution in [1.82, 2.24) is 0 Å². The van der Waals surface area contributed by atoms with Crippen LogP contribution in [0.3, 0.4) is 0 Å². The summed E-state index contributed by atoms with van der Waals surface area (Å²) < 4.78 is 12.0. The normalized spacial score (nSPS) is 11.2. The molecule has 0 saturated heterocycles. The monoisotopic (exact) mass is 128 g/mol. The number of carbonyl (C=O) groups excluding carboxylic acids is 1. The minimum atomic E-state index is -0.393. The van der Waals surface area contributed by atoms with Gasteiger partial charge in [0.25, 0.3) is 0 Å². The first kappa shape index (κ1) is 8.08. The summed E-state index contributed by atoms with van der Waals surface area (Å²) in [6, 6.07) is 0. The summed E-state index contributed by atoms with van der Waals surface area (Å²) in [7, 11) is 0. The average molecular weight is 128 g/mol. The molecule has 0 atom stereocenters. The van der Waals surface area contributed by atoms with Gasteiger partial charge in [-0.2, -0.15) is 0 Å². The number of allylic oxidation sites excluding steroid dienone is 3. The van der Waals surface area contributed by atoms with Gasteiger partial charge in [0, 0.05) is 5.57 Å². The maximum Gasteiger partial charge on any atom is 0.159 e. The van der Waals surface area contributed by atoms with Gasteiger partial charge in [-0.25, -0.2) is 4.39 Å². The minimum Gasteiger partial charge on any atom is -0.295 e. The Balaban J connectivity index is 4.09. The number of halogens is 1. The van der Waals surface area contributed by atoms with Crippen LogP contribution < -0.4 is 0 Å². The fraction of sp³-hybridized carbons (Fsp3) is 0.286. The smallest absolute Gasteiger partial charge is 0.159 e. The predicted octanol–water partition coefficient (Wildman–Crippen LogP) is 2.00. The molecule has 50 valence electrons. The second kappa shape index (κ2) is 3.17. The molecule has 0 saturated carbocycles. The zero-order valence-electron chi connectivity index (χ0n) is 5.57. The number of ketones is 1. The van der Waals surface area contributed by atoms with Crippen molar-refractivity contribution in [2.45, 2.75) is 13.8 Å². The van der Waals surface area contributed by atoms with Crippen LogP contribution in [-0.2, 0) is 4.79 Å². The summed E-state index contributed by atoms with van der Waals surface area (Å²) in [4.78, 5) is 10.4. The Hall–Kier alpha value is -0.920. The molecule has 1 nitrogen and oxygen atoms in total. The van der Waals surface area contributed by atoms with E-state index in [0.717, 1.165) is 6.08 Å². The maximum absolute atomic E-state index is 12.0. The third-order valence-electron chi connectivity index (χ3n) is 0.825. The Labute approximate surface area is 53.9 Å². The van der Waals surface area contributed by atoms with Crippen molar-refractivity contribution in [1.29, 1.82) is 0 Å². The Morgan fingerprint density at radius 3 is 2.11 bits per heavy atom. The van der Waals surface area contributed by atoms with Crippen LogP contribution in [0, 0.1) is 0 Å². The molecule has 0 fully saturated rings. The van der Waals surface area contributed by atoms with Crippen molar-refractivity contribution in [3.05, 3.63) is 24.1 Å². The molecular weight excluding hydrogens is 119 g/mol. The van der Waals surface area contributed by atoms with Crippen molar-refractivity contribution in [3.63, 3.8) is 0 Å². The molecule has 0 rings (SSSR count). The van der Waals surface area contributed by atoms with Crippen molar-refractivity contribution in [2.24, 2.45) is 0 Å². The van der Waals surface area contributed by atoms with Crippen molar-refractivity contribution in [3.8, 4) is 0 Å². The molecule has 0 aliphatic carbocycles. The Morgan fingerprint density at radius 1 is 1.56 bits per heavy atom. The minimum absolute atomic E-state index is 0.202. The van der Waals surface area contributed by atoms with Gasteiger partial charge in [-0.3, -0.25) is 4.79 Å². The number of hydrogen-bond donors (Lipinski definition) is 0. The van der Waals surface area contributed by atoms with Crippen LogP contribution in [0.5, 0.6) is 0 Å². The molecule has 2 heteroatoms. The Bertz CT molecular complexity index is 164. The lowest BCUT2D eigenvalue weighted by molar-refractivity contribution is -0.113. The summed E-state index contributed by atoms with van der Waals surface area (Å²) in [6.07, 6.45) is 1.11. The molecule has 0 N–H and O–H groups in total. The SMILES string of the molecule is C=C(C=C(C)F)C(C)=O. The summed E-state index contributed by atoms with van der Waals surface area (Å²) in [5, 5.41) is 0. The van der Waals surface area contributed by atoms with Crippen LogP contribution in [0.2, 0.25) is 0 Å². The highest BCUT2D eigenvalue weighted by molar-refractivity contribution is 5.95. The lowest BCUT2D eigenvalue weighted by Gasteiger charge is -1.88. The first-order chi connectivity index (χ1) is 4.04. The van der Waals surface area contributed by atoms with E-state index in [0.29, 0.717) is 0 Å². The van der Waals surface area contributed by atoms with Gasteiger partial charge in [-0.1, -0.05) is 6.58 Å². The molecule has 0 heterocycles. The van der Waals surface area contributed by atoms with E-state index >= 15 is 0 Å². The Kier molecular flexibility index (Phi) is 2.85. The molecule has 0 bridgehead atoms. The van der Waals surface area contributed by atoms with Crippen LogP contribution in [0.4, 0.5) is 4.39 Å². The zero-order valence-corrected chi connectivity index (χ0v) is 5.57. The quantitative estimate of drug-likeness (QED) is 0.410. The average Bonchev–Trinajstić information content (AvgIpc) is 1.63. The van der Waals surface area contributed by atoms with Crippen LogP contribution in [0.15, 0.2) is 24.1 Å². The first-order valence-corrected chi connectivity index (χ1v) is 2.57. The molecule has 0 aromatic carbocycles. The van der Waals surface area contributed by atoms with Gasteiger partial charge in [-0.05, 0) is 19.9 Å². The third-order valence-corrected chi connectivity index (χ3v) is 0.825. The van der Waals surface area contributed by atoms with E-state index in [4.69, 9.17) is 0 Å². The van der Waals surface area contributed by atoms with Gasteiger partial charge < -0.3 is 0 Å². The van der Waals surface area contributed by atoms with Crippen LogP contribution in [0.1, 0.15) is 13.8 Å². The molecule has 0 amide bonds. The molecular formula is C7H9FO.